The summed E-state index contributed by atoms with van der Waals surface area (Å²) < 4.78 is 0. The molecule has 1 aromatic heterocycles. The number of hydrogen-bond acceptors (Lipinski definition) is 3. The van der Waals surface area contributed by atoms with E-state index in [0.29, 0.717) is 12.1 Å². The average molecular weight is 211 g/mol. The van der Waals surface area contributed by atoms with Crippen LogP contribution in [0.4, 0.5) is 0 Å². The lowest BCUT2D eigenvalue weighted by Crippen LogP contribution is -2.32. The molecule has 15 heavy (non-hydrogen) atoms. The first-order valence-corrected chi connectivity index (χ1v) is 4.65. The minimum Gasteiger partial charge on any atom is -0.481 e. The van der Waals surface area contributed by atoms with Gasteiger partial charge in [0.15, 0.2) is 0 Å². The molecule has 0 aliphatic rings. The van der Waals surface area contributed by atoms with Crippen molar-refractivity contribution < 1.29 is 14.7 Å². The van der Waals surface area contributed by atoms with Crippen LogP contribution in [0, 0.1) is 0 Å². The molecule has 1 rings (SSSR count). The van der Waals surface area contributed by atoms with Gasteiger partial charge in [0, 0.05) is 19.3 Å². The first kappa shape index (κ1) is 11.2. The van der Waals surface area contributed by atoms with Gasteiger partial charge in [0.1, 0.15) is 0 Å². The second-order valence-electron chi connectivity index (χ2n) is 3.02. The van der Waals surface area contributed by atoms with Gasteiger partial charge in [-0.05, 0) is 6.92 Å². The topological polar surface area (TPSA) is 86.3 Å². The Kier molecular flexibility index (Phi) is 3.84. The van der Waals surface area contributed by atoms with Crippen LogP contribution in [0.1, 0.15) is 23.7 Å². The van der Waals surface area contributed by atoms with Gasteiger partial charge in [0.05, 0.1) is 18.2 Å². The molecule has 0 spiro atoms. The molecule has 0 aliphatic carbocycles. The van der Waals surface area contributed by atoms with Crippen molar-refractivity contribution in [3.05, 3.63) is 18.0 Å². The number of carbonyl (C=O) groups is 2. The zero-order chi connectivity index (χ0) is 11.3. The van der Waals surface area contributed by atoms with Gasteiger partial charge in [-0.15, -0.1) is 0 Å². The van der Waals surface area contributed by atoms with E-state index >= 15 is 0 Å². The normalized spacial score (nSPS) is 9.93. The molecule has 2 N–H and O–H groups in total. The van der Waals surface area contributed by atoms with E-state index in [1.165, 1.54) is 17.3 Å². The lowest BCUT2D eigenvalue weighted by atomic mass is 10.3. The Morgan fingerprint density at radius 2 is 2.33 bits per heavy atom. The van der Waals surface area contributed by atoms with Crippen LogP contribution in [0.3, 0.4) is 0 Å². The summed E-state index contributed by atoms with van der Waals surface area (Å²) in [5, 5.41) is 14.7. The van der Waals surface area contributed by atoms with Crippen molar-refractivity contribution in [1.82, 2.24) is 15.1 Å². The number of carboxylic acids is 1. The molecule has 0 unspecified atom stereocenters. The summed E-state index contributed by atoms with van der Waals surface area (Å²) in [4.78, 5) is 23.6. The molecule has 0 aliphatic heterocycles. The maximum Gasteiger partial charge on any atom is 0.305 e. The highest BCUT2D eigenvalue weighted by Crippen LogP contribution is 2.02. The zero-order valence-corrected chi connectivity index (χ0v) is 8.43. The van der Waals surface area contributed by atoms with Gasteiger partial charge >= 0.3 is 5.97 Å². The molecule has 0 aromatic carbocycles. The van der Waals surface area contributed by atoms with Crippen LogP contribution in [0.5, 0.6) is 0 Å². The molecular weight excluding hydrogens is 198 g/mol. The number of aromatic nitrogens is 2. The molecule has 1 heterocycles. The van der Waals surface area contributed by atoms with Crippen molar-refractivity contribution in [3.63, 3.8) is 0 Å². The third-order valence-corrected chi connectivity index (χ3v) is 2.01. The van der Waals surface area contributed by atoms with Crippen LogP contribution in [-0.4, -0.2) is 45.2 Å². The largest absolute Gasteiger partial charge is 0.481 e. The Morgan fingerprint density at radius 1 is 1.60 bits per heavy atom. The van der Waals surface area contributed by atoms with Crippen LogP contribution in [0.2, 0.25) is 0 Å². The van der Waals surface area contributed by atoms with E-state index in [2.05, 4.69) is 10.2 Å². The molecule has 6 nitrogen and oxygen atoms in total. The zero-order valence-electron chi connectivity index (χ0n) is 8.43. The molecule has 0 saturated carbocycles. The van der Waals surface area contributed by atoms with Crippen molar-refractivity contribution in [3.8, 4) is 0 Å². The molecule has 1 aromatic rings. The highest BCUT2D eigenvalue weighted by atomic mass is 16.4. The number of carboxylic acid groups (broad SMARTS) is 1. The van der Waals surface area contributed by atoms with Crippen LogP contribution in [-0.2, 0) is 4.79 Å². The van der Waals surface area contributed by atoms with Crippen molar-refractivity contribution >= 4 is 11.9 Å². The van der Waals surface area contributed by atoms with Crippen LogP contribution in [0.25, 0.3) is 0 Å². The first-order chi connectivity index (χ1) is 7.15. The lowest BCUT2D eigenvalue weighted by Gasteiger charge is -2.18. The van der Waals surface area contributed by atoms with Crippen molar-refractivity contribution in [2.24, 2.45) is 0 Å². The van der Waals surface area contributed by atoms with Crippen LogP contribution < -0.4 is 0 Å². The number of amides is 1. The van der Waals surface area contributed by atoms with Crippen LogP contribution in [0.15, 0.2) is 12.4 Å². The maximum absolute atomic E-state index is 11.7. The Morgan fingerprint density at radius 3 is 2.80 bits per heavy atom. The Hall–Kier alpha value is -1.85. The Balaban J connectivity index is 2.59. The number of aromatic amines is 1. The minimum atomic E-state index is -0.909. The second kappa shape index (κ2) is 5.14. The molecular formula is C9H13N3O3. The molecule has 0 radical (unpaired) electrons. The van der Waals surface area contributed by atoms with Gasteiger partial charge in [0.2, 0.25) is 0 Å². The van der Waals surface area contributed by atoms with Gasteiger partial charge in [-0.2, -0.15) is 5.10 Å². The predicted octanol–water partition coefficient (Wildman–Crippen LogP) is 0.346. The van der Waals surface area contributed by atoms with E-state index in [-0.39, 0.29) is 18.9 Å². The van der Waals surface area contributed by atoms with E-state index in [1.807, 2.05) is 0 Å². The van der Waals surface area contributed by atoms with Gasteiger partial charge in [-0.3, -0.25) is 14.7 Å². The van der Waals surface area contributed by atoms with Crippen molar-refractivity contribution in [2.45, 2.75) is 13.3 Å². The smallest absolute Gasteiger partial charge is 0.305 e. The van der Waals surface area contributed by atoms with Gasteiger partial charge in [0.25, 0.3) is 5.91 Å². The summed E-state index contributed by atoms with van der Waals surface area (Å²) in [6.45, 7) is 2.51. The van der Waals surface area contributed by atoms with E-state index in [0.717, 1.165) is 0 Å². The Labute approximate surface area is 86.9 Å². The fourth-order valence-corrected chi connectivity index (χ4v) is 1.18. The molecule has 0 atom stereocenters. The molecule has 0 bridgehead atoms. The highest BCUT2D eigenvalue weighted by Gasteiger charge is 2.15. The summed E-state index contributed by atoms with van der Waals surface area (Å²) in [5.74, 6) is -1.11. The van der Waals surface area contributed by atoms with Gasteiger partial charge in [-0.1, -0.05) is 0 Å². The summed E-state index contributed by atoms with van der Waals surface area (Å²) in [7, 11) is 0. The summed E-state index contributed by atoms with van der Waals surface area (Å²) in [5.41, 5.74) is 0.447. The number of H-pyrrole nitrogens is 1. The summed E-state index contributed by atoms with van der Waals surface area (Å²) >= 11 is 0. The lowest BCUT2D eigenvalue weighted by molar-refractivity contribution is -0.137. The minimum absolute atomic E-state index is 0.0442. The maximum atomic E-state index is 11.7. The summed E-state index contributed by atoms with van der Waals surface area (Å²) in [6.07, 6.45) is 2.87. The average Bonchev–Trinajstić information content (AvgIpc) is 2.70. The second-order valence-corrected chi connectivity index (χ2v) is 3.02. The standard InChI is InChI=1S/C9H13N3O3/c1-2-12(4-3-8(13)14)9(15)7-5-10-11-6-7/h5-6H,2-4H2,1H3,(H,10,11)(H,13,14). The van der Waals surface area contributed by atoms with E-state index in [9.17, 15) is 9.59 Å². The Bertz CT molecular complexity index is 334. The molecule has 6 heteroatoms. The van der Waals surface area contributed by atoms with Crippen molar-refractivity contribution in [2.75, 3.05) is 13.1 Å². The fourth-order valence-electron chi connectivity index (χ4n) is 1.18. The highest BCUT2D eigenvalue weighted by molar-refractivity contribution is 5.93. The quantitative estimate of drug-likeness (QED) is 0.735. The van der Waals surface area contributed by atoms with E-state index in [4.69, 9.17) is 5.11 Å². The summed E-state index contributed by atoms with van der Waals surface area (Å²) in [6, 6.07) is 0. The van der Waals surface area contributed by atoms with E-state index in [1.54, 1.807) is 6.92 Å². The number of hydrogen-bond donors (Lipinski definition) is 2. The SMILES string of the molecule is CCN(CCC(=O)O)C(=O)c1cn[nH]c1. The molecule has 0 fully saturated rings. The number of nitrogens with zero attached hydrogens (tertiary/aromatic N) is 2. The van der Waals surface area contributed by atoms with Crippen molar-refractivity contribution in [1.29, 1.82) is 0 Å². The fraction of sp³-hybridized carbons (Fsp3) is 0.444. The predicted molar refractivity (Wildman–Crippen MR) is 52.4 cm³/mol. The van der Waals surface area contributed by atoms with E-state index < -0.39 is 5.97 Å². The monoisotopic (exact) mass is 211 g/mol. The van der Waals surface area contributed by atoms with Gasteiger partial charge in [-0.25, -0.2) is 0 Å². The van der Waals surface area contributed by atoms with Gasteiger partial charge < -0.3 is 10.0 Å². The third kappa shape index (κ3) is 3.08. The molecule has 82 valence electrons. The number of nitrogens with one attached hydrogen (secondary N) is 1. The number of carbonyl (C=O) groups excluding carboxylic acids is 1. The first-order valence-electron chi connectivity index (χ1n) is 4.65. The number of rotatable bonds is 5. The third-order valence-electron chi connectivity index (χ3n) is 2.01. The molecule has 1 amide bonds. The van der Waals surface area contributed by atoms with Crippen LogP contribution >= 0.6 is 0 Å². The number of aliphatic carboxylic acids is 1. The molecule has 0 saturated heterocycles.